The first-order chi connectivity index (χ1) is 11.7. The van der Waals surface area contributed by atoms with Gasteiger partial charge in [0, 0.05) is 38.1 Å². The minimum atomic E-state index is 0.0706. The van der Waals surface area contributed by atoms with Gasteiger partial charge in [-0.05, 0) is 51.4 Å². The van der Waals surface area contributed by atoms with Crippen LogP contribution < -0.4 is 5.32 Å². The van der Waals surface area contributed by atoms with Gasteiger partial charge < -0.3 is 15.0 Å². The van der Waals surface area contributed by atoms with Crippen molar-refractivity contribution >= 4 is 11.8 Å². The van der Waals surface area contributed by atoms with Gasteiger partial charge in [-0.2, -0.15) is 0 Å². The minimum absolute atomic E-state index is 0.0706. The summed E-state index contributed by atoms with van der Waals surface area (Å²) in [5, 5.41) is 3.04. The first-order valence-electron chi connectivity index (χ1n) is 9.83. The summed E-state index contributed by atoms with van der Waals surface area (Å²) in [6.45, 7) is 7.40. The van der Waals surface area contributed by atoms with Gasteiger partial charge in [-0.3, -0.25) is 9.59 Å². The van der Waals surface area contributed by atoms with Gasteiger partial charge in [0.2, 0.25) is 11.8 Å². The quantitative estimate of drug-likeness (QED) is 0.740. The van der Waals surface area contributed by atoms with E-state index in [0.29, 0.717) is 12.5 Å². The molecule has 0 radical (unpaired) electrons. The van der Waals surface area contributed by atoms with Crippen LogP contribution in [-0.2, 0) is 14.3 Å². The lowest BCUT2D eigenvalue weighted by Crippen LogP contribution is -2.41. The van der Waals surface area contributed by atoms with Crippen LogP contribution in [0.5, 0.6) is 0 Å². The third kappa shape index (κ3) is 5.47. The summed E-state index contributed by atoms with van der Waals surface area (Å²) in [5.74, 6) is 0.638. The molecule has 138 valence electrons. The van der Waals surface area contributed by atoms with E-state index in [1.807, 2.05) is 4.90 Å². The maximum atomic E-state index is 12.7. The molecule has 1 N–H and O–H groups in total. The van der Waals surface area contributed by atoms with Crippen LogP contribution in [-0.4, -0.2) is 49.1 Å². The lowest BCUT2D eigenvalue weighted by Gasteiger charge is -2.31. The molecule has 0 bridgehead atoms. The van der Waals surface area contributed by atoms with E-state index in [2.05, 4.69) is 19.2 Å². The van der Waals surface area contributed by atoms with Gasteiger partial charge >= 0.3 is 0 Å². The lowest BCUT2D eigenvalue weighted by atomic mass is 9.81. The van der Waals surface area contributed by atoms with E-state index in [1.165, 1.54) is 0 Å². The van der Waals surface area contributed by atoms with E-state index < -0.39 is 0 Å². The lowest BCUT2D eigenvalue weighted by molar-refractivity contribution is -0.138. The Balaban J connectivity index is 1.73. The van der Waals surface area contributed by atoms with Crippen LogP contribution in [0.3, 0.4) is 0 Å². The van der Waals surface area contributed by atoms with Crippen molar-refractivity contribution < 1.29 is 14.3 Å². The average molecular weight is 338 g/mol. The standard InChI is InChI=1S/C19H34N2O3/c1-3-11-21(12-4-2)19(23)16-9-7-15(8-10-16)18(22)20-14-17-6-5-13-24-17/h15-17H,3-14H2,1-2H3,(H,20,22). The Morgan fingerprint density at radius 1 is 1.00 bits per heavy atom. The summed E-state index contributed by atoms with van der Waals surface area (Å²) in [4.78, 5) is 27.0. The molecule has 1 aliphatic carbocycles. The molecule has 1 saturated heterocycles. The average Bonchev–Trinajstić information content (AvgIpc) is 3.12. The second kappa shape index (κ2) is 10.0. The minimum Gasteiger partial charge on any atom is -0.376 e. The summed E-state index contributed by atoms with van der Waals surface area (Å²) in [6, 6.07) is 0. The van der Waals surface area contributed by atoms with E-state index in [-0.39, 0.29) is 23.8 Å². The molecule has 1 aliphatic heterocycles. The van der Waals surface area contributed by atoms with Crippen molar-refractivity contribution in [1.29, 1.82) is 0 Å². The Hall–Kier alpha value is -1.10. The molecule has 5 nitrogen and oxygen atoms in total. The SMILES string of the molecule is CCCN(CCC)C(=O)C1CCC(C(=O)NCC2CCCO2)CC1. The van der Waals surface area contributed by atoms with E-state index in [9.17, 15) is 9.59 Å². The van der Waals surface area contributed by atoms with E-state index in [1.54, 1.807) is 0 Å². The number of amides is 2. The van der Waals surface area contributed by atoms with Crippen LogP contribution in [0.4, 0.5) is 0 Å². The van der Waals surface area contributed by atoms with Crippen LogP contribution in [0.15, 0.2) is 0 Å². The van der Waals surface area contributed by atoms with Crippen LogP contribution in [0.2, 0.25) is 0 Å². The fraction of sp³-hybridized carbons (Fsp3) is 0.895. The normalized spacial score (nSPS) is 27.0. The predicted molar refractivity (Wildman–Crippen MR) is 94.6 cm³/mol. The molecule has 2 amide bonds. The highest BCUT2D eigenvalue weighted by atomic mass is 16.5. The Kier molecular flexibility index (Phi) is 8.03. The molecule has 2 fully saturated rings. The number of ether oxygens (including phenoxy) is 1. The fourth-order valence-corrected chi connectivity index (χ4v) is 3.90. The first-order valence-corrected chi connectivity index (χ1v) is 9.83. The Labute approximate surface area is 146 Å². The van der Waals surface area contributed by atoms with E-state index >= 15 is 0 Å². The van der Waals surface area contributed by atoms with E-state index in [0.717, 1.165) is 71.1 Å². The predicted octanol–water partition coefficient (Wildman–Crippen LogP) is 2.74. The van der Waals surface area contributed by atoms with Crippen molar-refractivity contribution in [3.63, 3.8) is 0 Å². The second-order valence-corrected chi connectivity index (χ2v) is 7.25. The Morgan fingerprint density at radius 3 is 2.17 bits per heavy atom. The molecule has 0 aromatic carbocycles. The van der Waals surface area contributed by atoms with Crippen LogP contribution >= 0.6 is 0 Å². The molecule has 1 atom stereocenters. The number of hydrogen-bond acceptors (Lipinski definition) is 3. The number of carbonyl (C=O) groups excluding carboxylic acids is 2. The highest BCUT2D eigenvalue weighted by Crippen LogP contribution is 2.30. The third-order valence-electron chi connectivity index (χ3n) is 5.27. The number of rotatable bonds is 8. The van der Waals surface area contributed by atoms with E-state index in [4.69, 9.17) is 4.74 Å². The number of carbonyl (C=O) groups is 2. The monoisotopic (exact) mass is 338 g/mol. The van der Waals surface area contributed by atoms with Gasteiger partial charge in [0.05, 0.1) is 6.10 Å². The van der Waals surface area contributed by atoms with Gasteiger partial charge in [0.1, 0.15) is 0 Å². The summed E-state index contributed by atoms with van der Waals surface area (Å²) in [5.41, 5.74) is 0. The molecular weight excluding hydrogens is 304 g/mol. The Morgan fingerprint density at radius 2 is 1.62 bits per heavy atom. The van der Waals surface area contributed by atoms with Crippen LogP contribution in [0, 0.1) is 11.8 Å². The maximum absolute atomic E-state index is 12.7. The molecular formula is C19H34N2O3. The zero-order chi connectivity index (χ0) is 17.4. The van der Waals surface area contributed by atoms with Gasteiger partial charge in [0.25, 0.3) is 0 Å². The Bertz CT molecular complexity index is 393. The van der Waals surface area contributed by atoms with Crippen LogP contribution in [0.1, 0.15) is 65.2 Å². The molecule has 24 heavy (non-hydrogen) atoms. The molecule has 0 aromatic rings. The number of nitrogens with one attached hydrogen (secondary N) is 1. The summed E-state index contributed by atoms with van der Waals surface area (Å²) in [7, 11) is 0. The molecule has 1 unspecified atom stereocenters. The summed E-state index contributed by atoms with van der Waals surface area (Å²) < 4.78 is 5.55. The smallest absolute Gasteiger partial charge is 0.225 e. The summed E-state index contributed by atoms with van der Waals surface area (Å²) in [6.07, 6.45) is 7.72. The molecule has 2 aliphatic rings. The number of hydrogen-bond donors (Lipinski definition) is 1. The highest BCUT2D eigenvalue weighted by Gasteiger charge is 2.32. The van der Waals surface area contributed by atoms with Gasteiger partial charge in [0.15, 0.2) is 0 Å². The summed E-state index contributed by atoms with van der Waals surface area (Å²) >= 11 is 0. The zero-order valence-corrected chi connectivity index (χ0v) is 15.4. The molecule has 0 spiro atoms. The topological polar surface area (TPSA) is 58.6 Å². The molecule has 1 saturated carbocycles. The molecule has 0 aromatic heterocycles. The van der Waals surface area contributed by atoms with Gasteiger partial charge in [-0.15, -0.1) is 0 Å². The molecule has 2 rings (SSSR count). The van der Waals surface area contributed by atoms with Crippen molar-refractivity contribution in [3.05, 3.63) is 0 Å². The third-order valence-corrected chi connectivity index (χ3v) is 5.27. The fourth-order valence-electron chi connectivity index (χ4n) is 3.90. The van der Waals surface area contributed by atoms with Gasteiger partial charge in [-0.25, -0.2) is 0 Å². The molecule has 5 heteroatoms. The first kappa shape index (κ1) is 19.2. The molecule has 1 heterocycles. The van der Waals surface area contributed by atoms with Crippen molar-refractivity contribution in [2.75, 3.05) is 26.2 Å². The van der Waals surface area contributed by atoms with Crippen molar-refractivity contribution in [2.24, 2.45) is 11.8 Å². The van der Waals surface area contributed by atoms with Gasteiger partial charge in [-0.1, -0.05) is 13.8 Å². The number of nitrogens with zero attached hydrogens (tertiary/aromatic N) is 1. The highest BCUT2D eigenvalue weighted by molar-refractivity contribution is 5.81. The zero-order valence-electron chi connectivity index (χ0n) is 15.4. The maximum Gasteiger partial charge on any atom is 0.225 e. The largest absolute Gasteiger partial charge is 0.376 e. The second-order valence-electron chi connectivity index (χ2n) is 7.25. The van der Waals surface area contributed by atoms with Crippen LogP contribution in [0.25, 0.3) is 0 Å². The van der Waals surface area contributed by atoms with Crippen molar-refractivity contribution in [3.8, 4) is 0 Å². The van der Waals surface area contributed by atoms with Crippen molar-refractivity contribution in [2.45, 2.75) is 71.3 Å². The van der Waals surface area contributed by atoms with Crippen molar-refractivity contribution in [1.82, 2.24) is 10.2 Å².